The first-order valence-corrected chi connectivity index (χ1v) is 8.99. The van der Waals surface area contributed by atoms with Crippen LogP contribution in [0.25, 0.3) is 6.08 Å². The van der Waals surface area contributed by atoms with E-state index >= 15 is 0 Å². The fourth-order valence-electron chi connectivity index (χ4n) is 2.54. The smallest absolute Gasteiger partial charge is 0.298 e. The third-order valence-electron chi connectivity index (χ3n) is 3.66. The number of carbonyl (C=O) groups excluding carboxylic acids is 2. The molecule has 1 fully saturated rings. The second-order valence-corrected chi connectivity index (χ2v) is 6.92. The molecular weight excluding hydrogens is 350 g/mol. The lowest BCUT2D eigenvalue weighted by Gasteiger charge is -2.14. The van der Waals surface area contributed by atoms with Crippen LogP contribution in [-0.2, 0) is 4.79 Å². The Bertz CT molecular complexity index is 861. The molecule has 1 aliphatic rings. The molecule has 2 aromatic carbocycles. The molecule has 0 N–H and O–H groups in total. The number of carbonyl (C=O) groups is 2. The van der Waals surface area contributed by atoms with Gasteiger partial charge in [0, 0.05) is 0 Å². The number of amides is 2. The molecule has 134 valence electrons. The van der Waals surface area contributed by atoms with Gasteiger partial charge in [-0.1, -0.05) is 24.3 Å². The Morgan fingerprint density at radius 2 is 1.77 bits per heavy atom. The average molecular weight is 369 g/mol. The van der Waals surface area contributed by atoms with Gasteiger partial charge >= 0.3 is 0 Å². The minimum absolute atomic E-state index is 0.0251. The summed E-state index contributed by atoms with van der Waals surface area (Å²) < 4.78 is 11.1. The second-order valence-electron chi connectivity index (χ2n) is 5.93. The maximum atomic E-state index is 12.6. The van der Waals surface area contributed by atoms with Gasteiger partial charge in [0.1, 0.15) is 0 Å². The van der Waals surface area contributed by atoms with E-state index in [1.54, 1.807) is 49.6 Å². The van der Waals surface area contributed by atoms with Crippen LogP contribution in [0.5, 0.6) is 11.5 Å². The van der Waals surface area contributed by atoms with Gasteiger partial charge < -0.3 is 9.47 Å². The molecule has 0 spiro atoms. The summed E-state index contributed by atoms with van der Waals surface area (Å²) in [5.74, 6) is 0.888. The highest BCUT2D eigenvalue weighted by molar-refractivity contribution is 8.19. The fraction of sp³-hybridized carbons (Fsp3) is 0.200. The number of anilines is 1. The van der Waals surface area contributed by atoms with Crippen molar-refractivity contribution in [2.24, 2.45) is 0 Å². The highest BCUT2D eigenvalue weighted by Gasteiger charge is 2.36. The summed E-state index contributed by atoms with van der Waals surface area (Å²) in [6, 6.07) is 14.3. The number of rotatable bonds is 5. The molecule has 0 bridgehead atoms. The third-order valence-corrected chi connectivity index (χ3v) is 4.53. The zero-order valence-corrected chi connectivity index (χ0v) is 15.6. The highest BCUT2D eigenvalue weighted by Crippen LogP contribution is 2.37. The number of hydrogen-bond acceptors (Lipinski definition) is 5. The molecule has 0 atom stereocenters. The van der Waals surface area contributed by atoms with E-state index in [1.807, 2.05) is 26.0 Å². The lowest BCUT2D eigenvalue weighted by Crippen LogP contribution is -2.27. The summed E-state index contributed by atoms with van der Waals surface area (Å²) in [6.45, 7) is 3.87. The van der Waals surface area contributed by atoms with Crippen LogP contribution in [0.4, 0.5) is 10.5 Å². The molecule has 0 radical (unpaired) electrons. The van der Waals surface area contributed by atoms with Crippen molar-refractivity contribution in [2.75, 3.05) is 12.0 Å². The van der Waals surface area contributed by atoms with E-state index in [-0.39, 0.29) is 17.3 Å². The van der Waals surface area contributed by atoms with E-state index in [2.05, 4.69) is 0 Å². The molecule has 2 amide bonds. The number of ether oxygens (including phenoxy) is 2. The summed E-state index contributed by atoms with van der Waals surface area (Å²) >= 11 is 0.926. The minimum Gasteiger partial charge on any atom is -0.493 e. The van der Waals surface area contributed by atoms with Gasteiger partial charge in [0.05, 0.1) is 23.8 Å². The quantitative estimate of drug-likeness (QED) is 0.714. The maximum absolute atomic E-state index is 12.6. The zero-order chi connectivity index (χ0) is 18.7. The summed E-state index contributed by atoms with van der Waals surface area (Å²) in [7, 11) is 1.57. The number of hydrogen-bond donors (Lipinski definition) is 0. The number of nitrogens with zero attached hydrogens (tertiary/aromatic N) is 1. The fourth-order valence-corrected chi connectivity index (χ4v) is 3.39. The molecule has 0 aliphatic carbocycles. The largest absolute Gasteiger partial charge is 0.493 e. The first-order chi connectivity index (χ1) is 12.5. The average Bonchev–Trinajstić information content (AvgIpc) is 2.90. The number of para-hydroxylation sites is 1. The molecule has 6 heteroatoms. The van der Waals surface area contributed by atoms with Crippen molar-refractivity contribution in [2.45, 2.75) is 20.0 Å². The van der Waals surface area contributed by atoms with Gasteiger partial charge in [-0.05, 0) is 61.5 Å². The predicted octanol–water partition coefficient (Wildman–Crippen LogP) is 4.72. The van der Waals surface area contributed by atoms with Crippen LogP contribution in [0, 0.1) is 0 Å². The van der Waals surface area contributed by atoms with E-state index in [4.69, 9.17) is 9.47 Å². The van der Waals surface area contributed by atoms with Crippen molar-refractivity contribution in [3.05, 3.63) is 59.0 Å². The Balaban J connectivity index is 1.89. The summed E-state index contributed by atoms with van der Waals surface area (Å²) in [5, 5.41) is -0.306. The van der Waals surface area contributed by atoms with E-state index in [9.17, 15) is 9.59 Å². The highest BCUT2D eigenvalue weighted by atomic mass is 32.2. The summed E-state index contributed by atoms with van der Waals surface area (Å²) in [5.41, 5.74) is 1.33. The van der Waals surface area contributed by atoms with Crippen molar-refractivity contribution >= 4 is 34.7 Å². The maximum Gasteiger partial charge on any atom is 0.298 e. The van der Waals surface area contributed by atoms with Crippen molar-refractivity contribution in [1.82, 2.24) is 0 Å². The topological polar surface area (TPSA) is 55.8 Å². The van der Waals surface area contributed by atoms with Gasteiger partial charge in [0.2, 0.25) is 0 Å². The van der Waals surface area contributed by atoms with Gasteiger partial charge in [-0.3, -0.25) is 9.59 Å². The van der Waals surface area contributed by atoms with Crippen molar-refractivity contribution < 1.29 is 19.1 Å². The predicted molar refractivity (Wildman–Crippen MR) is 104 cm³/mol. The Morgan fingerprint density at radius 3 is 2.42 bits per heavy atom. The van der Waals surface area contributed by atoms with E-state index < -0.39 is 0 Å². The Morgan fingerprint density at radius 1 is 1.04 bits per heavy atom. The van der Waals surface area contributed by atoms with E-state index in [1.165, 1.54) is 4.90 Å². The molecule has 0 unspecified atom stereocenters. The number of methoxy groups -OCH3 is 1. The van der Waals surface area contributed by atoms with Gasteiger partial charge in [0.25, 0.3) is 11.1 Å². The van der Waals surface area contributed by atoms with Gasteiger partial charge in [-0.25, -0.2) is 4.90 Å². The van der Waals surface area contributed by atoms with Gasteiger partial charge in [-0.2, -0.15) is 0 Å². The van der Waals surface area contributed by atoms with E-state index in [0.717, 1.165) is 17.3 Å². The third kappa shape index (κ3) is 3.75. The van der Waals surface area contributed by atoms with Gasteiger partial charge in [0.15, 0.2) is 11.5 Å². The monoisotopic (exact) mass is 369 g/mol. The van der Waals surface area contributed by atoms with Crippen molar-refractivity contribution in [1.29, 1.82) is 0 Å². The Hall–Kier alpha value is -2.73. The van der Waals surface area contributed by atoms with Crippen LogP contribution >= 0.6 is 11.8 Å². The molecule has 26 heavy (non-hydrogen) atoms. The SMILES string of the molecule is COc1cc(C=C2SC(=O)N(c3ccccc3)C2=O)ccc1OC(C)C. The van der Waals surface area contributed by atoms with E-state index in [0.29, 0.717) is 22.1 Å². The molecule has 3 rings (SSSR count). The van der Waals surface area contributed by atoms with Crippen LogP contribution in [0.1, 0.15) is 19.4 Å². The Kier molecular flexibility index (Phi) is 5.32. The number of thioether (sulfide) groups is 1. The molecule has 2 aromatic rings. The van der Waals surface area contributed by atoms with Crippen molar-refractivity contribution in [3.8, 4) is 11.5 Å². The van der Waals surface area contributed by atoms with Crippen LogP contribution < -0.4 is 14.4 Å². The molecule has 5 nitrogen and oxygen atoms in total. The number of imide groups is 1. The van der Waals surface area contributed by atoms with Crippen LogP contribution in [0.3, 0.4) is 0 Å². The van der Waals surface area contributed by atoms with Crippen LogP contribution in [0.2, 0.25) is 0 Å². The van der Waals surface area contributed by atoms with Crippen molar-refractivity contribution in [3.63, 3.8) is 0 Å². The lowest BCUT2D eigenvalue weighted by molar-refractivity contribution is -0.113. The lowest BCUT2D eigenvalue weighted by atomic mass is 10.1. The first kappa shape index (κ1) is 18.1. The standard InChI is InChI=1S/C20H19NO4S/c1-13(2)25-16-10-9-14(11-17(16)24-3)12-18-19(22)21(20(23)26-18)15-7-5-4-6-8-15/h4-13H,1-3H3. The Labute approximate surface area is 156 Å². The molecule has 1 saturated heterocycles. The molecule has 1 heterocycles. The second kappa shape index (κ2) is 7.66. The van der Waals surface area contributed by atoms with Gasteiger partial charge in [-0.15, -0.1) is 0 Å². The summed E-state index contributed by atoms with van der Waals surface area (Å²) in [6.07, 6.45) is 1.72. The zero-order valence-electron chi connectivity index (χ0n) is 14.8. The molecule has 0 saturated carbocycles. The normalized spacial score (nSPS) is 15.8. The number of benzene rings is 2. The van der Waals surface area contributed by atoms with Crippen LogP contribution in [-0.4, -0.2) is 24.4 Å². The summed E-state index contributed by atoms with van der Waals surface area (Å²) in [4.78, 5) is 26.5. The molecular formula is C20H19NO4S. The minimum atomic E-state index is -0.326. The van der Waals surface area contributed by atoms with Crippen LogP contribution in [0.15, 0.2) is 53.4 Å². The molecule has 1 aliphatic heterocycles. The first-order valence-electron chi connectivity index (χ1n) is 8.17. The molecule has 0 aromatic heterocycles.